The average molecular weight is 187 g/mol. The van der Waals surface area contributed by atoms with Crippen LogP contribution in [0.5, 0.6) is 0 Å². The first-order valence-corrected chi connectivity index (χ1v) is 4.20. The number of benzene rings is 1. The van der Waals surface area contributed by atoms with E-state index >= 15 is 0 Å². The van der Waals surface area contributed by atoms with Gasteiger partial charge in [0.25, 0.3) is 0 Å². The molecule has 70 valence electrons. The summed E-state index contributed by atoms with van der Waals surface area (Å²) in [5, 5.41) is 14.3. The monoisotopic (exact) mass is 187 g/mol. The molecule has 0 aliphatic carbocycles. The Bertz CT molecular complexity index is 415. The Labute approximate surface area is 81.0 Å². The van der Waals surface area contributed by atoms with Crippen LogP contribution < -0.4 is 5.73 Å². The third kappa shape index (κ3) is 1.82. The molecule has 0 amide bonds. The minimum atomic E-state index is 0.337. The lowest BCUT2D eigenvalue weighted by Gasteiger charge is -2.00. The number of aromatic nitrogens is 4. The number of anilines is 1. The van der Waals surface area contributed by atoms with E-state index in [1.807, 2.05) is 30.3 Å². The summed E-state index contributed by atoms with van der Waals surface area (Å²) in [6.07, 6.45) is 0.634. The fourth-order valence-corrected chi connectivity index (χ4v) is 1.17. The summed E-state index contributed by atoms with van der Waals surface area (Å²) in [5.41, 5.74) is 7.38. The lowest BCUT2D eigenvalue weighted by Crippen LogP contribution is -2.05. The number of hydrogen-bond donors (Lipinski definition) is 1. The highest BCUT2D eigenvalue weighted by Gasteiger charge is 2.03. The van der Waals surface area contributed by atoms with Crippen LogP contribution in [0.3, 0.4) is 0 Å². The normalized spacial score (nSPS) is 10.0. The van der Waals surface area contributed by atoms with Crippen LogP contribution in [-0.4, -0.2) is 20.6 Å². The molecule has 0 aliphatic rings. The van der Waals surface area contributed by atoms with Crippen molar-refractivity contribution in [3.8, 4) is 0 Å². The number of nitrogens with zero attached hydrogens (tertiary/aromatic N) is 4. The Morgan fingerprint density at radius 1 is 1.00 bits per heavy atom. The van der Waals surface area contributed by atoms with Crippen LogP contribution in [0.2, 0.25) is 0 Å². The van der Waals surface area contributed by atoms with Crippen molar-refractivity contribution >= 4 is 5.82 Å². The third-order valence-corrected chi connectivity index (χ3v) is 1.87. The standard InChI is InChI=1S/C9H9N5/c10-9-8(11-13-14-12-9)6-7-4-2-1-3-5-7/h1-5H,6H2,(H2,10,12,13). The highest BCUT2D eigenvalue weighted by atomic mass is 15.4. The second-order valence-electron chi connectivity index (χ2n) is 2.87. The average Bonchev–Trinajstić information content (AvgIpc) is 2.23. The lowest BCUT2D eigenvalue weighted by molar-refractivity contribution is 0.739. The molecule has 14 heavy (non-hydrogen) atoms. The van der Waals surface area contributed by atoms with E-state index in [1.54, 1.807) is 0 Å². The fraction of sp³-hybridized carbons (Fsp3) is 0.111. The number of hydrogen-bond acceptors (Lipinski definition) is 5. The summed E-state index contributed by atoms with van der Waals surface area (Å²) < 4.78 is 0. The Balaban J connectivity index is 2.24. The molecule has 0 saturated heterocycles. The molecular weight excluding hydrogens is 178 g/mol. The van der Waals surface area contributed by atoms with Crippen molar-refractivity contribution in [2.75, 3.05) is 5.73 Å². The molecule has 2 N–H and O–H groups in total. The Kier molecular flexibility index (Phi) is 2.31. The van der Waals surface area contributed by atoms with Crippen LogP contribution in [0.4, 0.5) is 5.82 Å². The number of rotatable bonds is 2. The maximum Gasteiger partial charge on any atom is 0.171 e. The van der Waals surface area contributed by atoms with Crippen molar-refractivity contribution in [1.29, 1.82) is 0 Å². The topological polar surface area (TPSA) is 77.6 Å². The maximum atomic E-state index is 5.59. The number of nitrogens with two attached hydrogens (primary N) is 1. The summed E-state index contributed by atoms with van der Waals surface area (Å²) in [6.45, 7) is 0. The molecule has 0 unspecified atom stereocenters. The van der Waals surface area contributed by atoms with E-state index in [4.69, 9.17) is 5.73 Å². The zero-order valence-electron chi connectivity index (χ0n) is 7.46. The smallest absolute Gasteiger partial charge is 0.171 e. The Morgan fingerprint density at radius 2 is 1.71 bits per heavy atom. The number of nitrogen functional groups attached to an aromatic ring is 1. The third-order valence-electron chi connectivity index (χ3n) is 1.87. The van der Waals surface area contributed by atoms with Crippen molar-refractivity contribution < 1.29 is 0 Å². The van der Waals surface area contributed by atoms with E-state index in [-0.39, 0.29) is 0 Å². The van der Waals surface area contributed by atoms with Crippen molar-refractivity contribution in [2.24, 2.45) is 0 Å². The molecular formula is C9H9N5. The molecule has 0 aliphatic heterocycles. The molecule has 0 spiro atoms. The van der Waals surface area contributed by atoms with Gasteiger partial charge in [-0.15, -0.1) is 10.2 Å². The second kappa shape index (κ2) is 3.78. The Hall–Kier alpha value is -2.04. The summed E-state index contributed by atoms with van der Waals surface area (Å²) >= 11 is 0. The van der Waals surface area contributed by atoms with Crippen LogP contribution in [0, 0.1) is 0 Å². The van der Waals surface area contributed by atoms with Crippen LogP contribution >= 0.6 is 0 Å². The molecule has 0 atom stereocenters. The van der Waals surface area contributed by atoms with Crippen LogP contribution in [-0.2, 0) is 6.42 Å². The van der Waals surface area contributed by atoms with Crippen molar-refractivity contribution in [3.63, 3.8) is 0 Å². The quantitative estimate of drug-likeness (QED) is 0.738. The first-order chi connectivity index (χ1) is 6.86. The van der Waals surface area contributed by atoms with Crippen molar-refractivity contribution in [3.05, 3.63) is 41.6 Å². The van der Waals surface area contributed by atoms with Gasteiger partial charge in [0.1, 0.15) is 5.69 Å². The van der Waals surface area contributed by atoms with Crippen LogP contribution in [0.15, 0.2) is 30.3 Å². The maximum absolute atomic E-state index is 5.59. The molecule has 0 fully saturated rings. The molecule has 2 rings (SSSR count). The van der Waals surface area contributed by atoms with Gasteiger partial charge in [0.05, 0.1) is 0 Å². The summed E-state index contributed by atoms with van der Waals surface area (Å²) in [6, 6.07) is 9.90. The van der Waals surface area contributed by atoms with Gasteiger partial charge in [0, 0.05) is 6.42 Å². The minimum absolute atomic E-state index is 0.337. The van der Waals surface area contributed by atoms with Gasteiger partial charge in [-0.2, -0.15) is 0 Å². The molecule has 2 aromatic rings. The predicted molar refractivity (Wildman–Crippen MR) is 51.3 cm³/mol. The largest absolute Gasteiger partial charge is 0.381 e. The van der Waals surface area contributed by atoms with Gasteiger partial charge in [0.2, 0.25) is 0 Å². The molecule has 1 aromatic carbocycles. The van der Waals surface area contributed by atoms with E-state index in [1.165, 1.54) is 0 Å². The first-order valence-electron chi connectivity index (χ1n) is 4.20. The molecule has 0 bridgehead atoms. The zero-order valence-corrected chi connectivity index (χ0v) is 7.46. The van der Waals surface area contributed by atoms with Gasteiger partial charge in [-0.05, 0) is 16.0 Å². The molecule has 0 radical (unpaired) electrons. The van der Waals surface area contributed by atoms with E-state index in [9.17, 15) is 0 Å². The molecule has 5 heteroatoms. The summed E-state index contributed by atoms with van der Waals surface area (Å²) in [5.74, 6) is 0.337. The van der Waals surface area contributed by atoms with E-state index in [0.29, 0.717) is 17.9 Å². The van der Waals surface area contributed by atoms with Gasteiger partial charge >= 0.3 is 0 Å². The summed E-state index contributed by atoms with van der Waals surface area (Å²) in [4.78, 5) is 0. The SMILES string of the molecule is Nc1nnnnc1Cc1ccccc1. The molecule has 5 nitrogen and oxygen atoms in total. The van der Waals surface area contributed by atoms with Crippen molar-refractivity contribution in [1.82, 2.24) is 20.6 Å². The summed E-state index contributed by atoms with van der Waals surface area (Å²) in [7, 11) is 0. The molecule has 1 heterocycles. The molecule has 1 aromatic heterocycles. The van der Waals surface area contributed by atoms with Gasteiger partial charge in [0.15, 0.2) is 5.82 Å². The van der Waals surface area contributed by atoms with Crippen LogP contribution in [0.25, 0.3) is 0 Å². The highest BCUT2D eigenvalue weighted by molar-refractivity contribution is 5.35. The van der Waals surface area contributed by atoms with E-state index in [0.717, 1.165) is 5.56 Å². The predicted octanol–water partition coefficient (Wildman–Crippen LogP) is 0.440. The van der Waals surface area contributed by atoms with Crippen LogP contribution in [0.1, 0.15) is 11.3 Å². The lowest BCUT2D eigenvalue weighted by atomic mass is 10.1. The Morgan fingerprint density at radius 3 is 2.43 bits per heavy atom. The molecule has 0 saturated carbocycles. The van der Waals surface area contributed by atoms with Crippen molar-refractivity contribution in [2.45, 2.75) is 6.42 Å². The van der Waals surface area contributed by atoms with E-state index in [2.05, 4.69) is 20.6 Å². The first kappa shape index (κ1) is 8.55. The van der Waals surface area contributed by atoms with Gasteiger partial charge in [-0.3, -0.25) is 0 Å². The second-order valence-corrected chi connectivity index (χ2v) is 2.87. The van der Waals surface area contributed by atoms with Gasteiger partial charge in [-0.1, -0.05) is 30.3 Å². The van der Waals surface area contributed by atoms with Gasteiger partial charge in [-0.25, -0.2) is 0 Å². The zero-order chi connectivity index (χ0) is 9.80. The minimum Gasteiger partial charge on any atom is -0.381 e. The van der Waals surface area contributed by atoms with Gasteiger partial charge < -0.3 is 5.73 Å². The fourth-order valence-electron chi connectivity index (χ4n) is 1.17. The highest BCUT2D eigenvalue weighted by Crippen LogP contribution is 2.09. The van der Waals surface area contributed by atoms with E-state index < -0.39 is 0 Å².